The van der Waals surface area contributed by atoms with Crippen LogP contribution >= 0.6 is 11.9 Å². The Morgan fingerprint density at radius 3 is 2.61 bits per heavy atom. The second kappa shape index (κ2) is 11.8. The number of aromatic nitrogens is 2. The predicted molar refractivity (Wildman–Crippen MR) is 148 cm³/mol. The van der Waals surface area contributed by atoms with Crippen molar-refractivity contribution in [2.45, 2.75) is 70.7 Å². The second-order valence-corrected chi connectivity index (χ2v) is 11.0. The fourth-order valence-electron chi connectivity index (χ4n) is 5.05. The van der Waals surface area contributed by atoms with Crippen molar-refractivity contribution in [3.05, 3.63) is 75.6 Å². The smallest absolute Gasteiger partial charge is 0.254 e. The monoisotopic (exact) mass is 504 g/mol. The van der Waals surface area contributed by atoms with Gasteiger partial charge in [0.2, 0.25) is 5.95 Å². The normalized spacial score (nSPS) is 16.1. The number of carbonyl (C=O) groups excluding carboxylic acids is 1. The molecule has 190 valence electrons. The number of hydrogen-bond acceptors (Lipinski definition) is 5. The first kappa shape index (κ1) is 26.0. The number of rotatable bonds is 7. The number of nitrogens with zero attached hydrogens (tertiary/aromatic N) is 2. The molecule has 1 fully saturated rings. The van der Waals surface area contributed by atoms with E-state index in [0.29, 0.717) is 29.2 Å². The Kier molecular flexibility index (Phi) is 8.52. The van der Waals surface area contributed by atoms with Crippen LogP contribution in [-0.4, -0.2) is 33.4 Å². The highest BCUT2D eigenvalue weighted by Gasteiger charge is 2.27. The van der Waals surface area contributed by atoms with E-state index in [4.69, 9.17) is 0 Å². The van der Waals surface area contributed by atoms with Crippen molar-refractivity contribution in [2.24, 2.45) is 5.92 Å². The van der Waals surface area contributed by atoms with Gasteiger partial charge in [0.15, 0.2) is 0 Å². The summed E-state index contributed by atoms with van der Waals surface area (Å²) in [6.45, 7) is 9.31. The van der Waals surface area contributed by atoms with E-state index in [0.717, 1.165) is 47.4 Å². The fourth-order valence-corrected chi connectivity index (χ4v) is 5.70. The molecule has 0 radical (unpaired) electrons. The summed E-state index contributed by atoms with van der Waals surface area (Å²) in [6, 6.07) is 15.6. The van der Waals surface area contributed by atoms with E-state index >= 15 is 0 Å². The Hall–Kier alpha value is -3.06. The molecule has 1 saturated heterocycles. The van der Waals surface area contributed by atoms with Gasteiger partial charge in [-0.15, -0.1) is 0 Å². The molecule has 6 nitrogen and oxygen atoms in total. The number of likely N-dealkylation sites (tertiary alicyclic amines) is 1. The first-order chi connectivity index (χ1) is 17.3. The van der Waals surface area contributed by atoms with Crippen molar-refractivity contribution >= 4 is 23.8 Å². The minimum absolute atomic E-state index is 0.105. The SMILES string of the molecule is Cc1cccc(C)c1-c1cc(=O)[nH]c(NSc2cccc(C(=O)N3CCCCCC3CC(C)C)c2)n1. The lowest BCUT2D eigenvalue weighted by molar-refractivity contribution is 0.0661. The van der Waals surface area contributed by atoms with E-state index in [9.17, 15) is 9.59 Å². The molecule has 1 aromatic heterocycles. The molecule has 0 aliphatic carbocycles. The zero-order valence-electron chi connectivity index (χ0n) is 21.6. The van der Waals surface area contributed by atoms with Crippen LogP contribution in [0.5, 0.6) is 0 Å². The van der Waals surface area contributed by atoms with E-state index < -0.39 is 0 Å². The van der Waals surface area contributed by atoms with Crippen LogP contribution in [-0.2, 0) is 0 Å². The Bertz CT molecular complexity index is 1250. The molecule has 1 amide bonds. The van der Waals surface area contributed by atoms with Crippen LogP contribution in [0.4, 0.5) is 5.95 Å². The molecular weight excluding hydrogens is 468 g/mol. The topological polar surface area (TPSA) is 78.1 Å². The molecule has 1 unspecified atom stereocenters. The molecule has 0 bridgehead atoms. The van der Waals surface area contributed by atoms with E-state index in [1.807, 2.05) is 56.3 Å². The van der Waals surface area contributed by atoms with Crippen molar-refractivity contribution < 1.29 is 4.79 Å². The summed E-state index contributed by atoms with van der Waals surface area (Å²) in [7, 11) is 0. The van der Waals surface area contributed by atoms with Gasteiger partial charge in [0, 0.05) is 34.7 Å². The van der Waals surface area contributed by atoms with Gasteiger partial charge in [0.1, 0.15) is 0 Å². The minimum atomic E-state index is -0.216. The van der Waals surface area contributed by atoms with E-state index in [1.54, 1.807) is 0 Å². The summed E-state index contributed by atoms with van der Waals surface area (Å²) in [4.78, 5) is 36.3. The van der Waals surface area contributed by atoms with Crippen LogP contribution < -0.4 is 10.3 Å². The Labute approximate surface area is 218 Å². The maximum absolute atomic E-state index is 13.5. The third-order valence-electron chi connectivity index (χ3n) is 6.71. The van der Waals surface area contributed by atoms with Crippen LogP contribution in [0, 0.1) is 19.8 Å². The molecule has 2 N–H and O–H groups in total. The average Bonchev–Trinajstić information content (AvgIpc) is 3.07. The van der Waals surface area contributed by atoms with Crippen LogP contribution in [0.1, 0.15) is 67.4 Å². The van der Waals surface area contributed by atoms with E-state index in [-0.39, 0.29) is 11.5 Å². The summed E-state index contributed by atoms with van der Waals surface area (Å²) in [5.41, 5.74) is 4.23. The van der Waals surface area contributed by atoms with Gasteiger partial charge in [0.25, 0.3) is 11.5 Å². The van der Waals surface area contributed by atoms with Gasteiger partial charge >= 0.3 is 0 Å². The van der Waals surface area contributed by atoms with E-state index in [1.165, 1.54) is 30.9 Å². The molecule has 1 aliphatic rings. The van der Waals surface area contributed by atoms with Crippen LogP contribution in [0.2, 0.25) is 0 Å². The number of hydrogen-bond donors (Lipinski definition) is 2. The highest BCUT2D eigenvalue weighted by Crippen LogP contribution is 2.28. The molecule has 1 atom stereocenters. The molecule has 2 heterocycles. The van der Waals surface area contributed by atoms with Gasteiger partial charge < -0.3 is 4.90 Å². The summed E-state index contributed by atoms with van der Waals surface area (Å²) in [5.74, 6) is 1.04. The Balaban J connectivity index is 1.51. The second-order valence-electron chi connectivity index (χ2n) is 10.1. The molecule has 7 heteroatoms. The van der Waals surface area contributed by atoms with Gasteiger partial charge in [-0.2, -0.15) is 0 Å². The van der Waals surface area contributed by atoms with Crippen molar-refractivity contribution in [3.8, 4) is 11.3 Å². The first-order valence-corrected chi connectivity index (χ1v) is 13.7. The molecule has 2 aromatic carbocycles. The Morgan fingerprint density at radius 1 is 1.11 bits per heavy atom. The number of anilines is 1. The quantitative estimate of drug-likeness (QED) is 0.354. The zero-order chi connectivity index (χ0) is 25.7. The number of benzene rings is 2. The number of H-pyrrole nitrogens is 1. The zero-order valence-corrected chi connectivity index (χ0v) is 22.5. The Morgan fingerprint density at radius 2 is 1.86 bits per heavy atom. The largest absolute Gasteiger partial charge is 0.336 e. The highest BCUT2D eigenvalue weighted by molar-refractivity contribution is 8.00. The summed E-state index contributed by atoms with van der Waals surface area (Å²) in [5, 5.41) is 0. The molecule has 36 heavy (non-hydrogen) atoms. The fraction of sp³-hybridized carbons (Fsp3) is 0.414. The number of aryl methyl sites for hydroxylation is 2. The standard InChI is InChI=1S/C29H36N4O2S/c1-19(2)16-23-13-6-5-7-15-33(23)28(35)22-12-9-14-24(17-22)36-32-29-30-25(18-26(34)31-29)27-20(3)10-8-11-21(27)4/h8-12,14,17-19,23H,5-7,13,15-16H2,1-4H3,(H2,30,31,32,34). The first-order valence-electron chi connectivity index (χ1n) is 12.8. The third-order valence-corrected chi connectivity index (χ3v) is 7.49. The van der Waals surface area contributed by atoms with Crippen LogP contribution in [0.25, 0.3) is 11.3 Å². The molecule has 0 saturated carbocycles. The van der Waals surface area contributed by atoms with Gasteiger partial charge in [-0.1, -0.05) is 51.0 Å². The lowest BCUT2D eigenvalue weighted by Crippen LogP contribution is -2.40. The number of nitrogens with one attached hydrogen (secondary N) is 2. The summed E-state index contributed by atoms with van der Waals surface area (Å²) < 4.78 is 3.17. The number of aromatic amines is 1. The number of carbonyl (C=O) groups is 1. The maximum Gasteiger partial charge on any atom is 0.254 e. The molecule has 1 aliphatic heterocycles. The lowest BCUT2D eigenvalue weighted by Gasteiger charge is -2.31. The molecule has 4 rings (SSSR count). The van der Waals surface area contributed by atoms with Crippen molar-refractivity contribution in [1.82, 2.24) is 14.9 Å². The highest BCUT2D eigenvalue weighted by atomic mass is 32.2. The van der Waals surface area contributed by atoms with Gasteiger partial charge in [-0.3, -0.25) is 19.3 Å². The van der Waals surface area contributed by atoms with Gasteiger partial charge in [-0.05, 0) is 80.3 Å². The predicted octanol–water partition coefficient (Wildman–Crippen LogP) is 6.60. The van der Waals surface area contributed by atoms with Crippen molar-refractivity contribution in [3.63, 3.8) is 0 Å². The minimum Gasteiger partial charge on any atom is -0.336 e. The van der Waals surface area contributed by atoms with Crippen LogP contribution in [0.3, 0.4) is 0 Å². The van der Waals surface area contributed by atoms with E-state index in [2.05, 4.69) is 33.4 Å². The number of amides is 1. The van der Waals surface area contributed by atoms with Crippen molar-refractivity contribution in [2.75, 3.05) is 11.3 Å². The van der Waals surface area contributed by atoms with Crippen LogP contribution in [0.15, 0.2) is 58.2 Å². The summed E-state index contributed by atoms with van der Waals surface area (Å²) >= 11 is 1.33. The van der Waals surface area contributed by atoms with Crippen molar-refractivity contribution in [1.29, 1.82) is 0 Å². The van der Waals surface area contributed by atoms with Gasteiger partial charge in [-0.25, -0.2) is 4.98 Å². The molecule has 0 spiro atoms. The third kappa shape index (κ3) is 6.38. The average molecular weight is 505 g/mol. The maximum atomic E-state index is 13.5. The van der Waals surface area contributed by atoms with Gasteiger partial charge in [0.05, 0.1) is 5.69 Å². The lowest BCUT2D eigenvalue weighted by atomic mass is 9.98. The summed E-state index contributed by atoms with van der Waals surface area (Å²) in [6.07, 6.45) is 5.55. The molecular formula is C29H36N4O2S. The molecule has 3 aromatic rings.